The summed E-state index contributed by atoms with van der Waals surface area (Å²) in [5.74, 6) is 3.05. The molecular weight excluding hydrogens is 441 g/mol. The van der Waals surface area contributed by atoms with Crippen molar-refractivity contribution in [2.24, 2.45) is 0 Å². The van der Waals surface area contributed by atoms with Gasteiger partial charge in [-0.1, -0.05) is 41.1 Å². The van der Waals surface area contributed by atoms with E-state index in [2.05, 4.69) is 16.8 Å². The summed E-state index contributed by atoms with van der Waals surface area (Å²) in [5.41, 5.74) is -0.0687. The Labute approximate surface area is 176 Å². The summed E-state index contributed by atoms with van der Waals surface area (Å²) in [6.45, 7) is 1.49. The molecule has 1 aromatic heterocycles. The quantitative estimate of drug-likeness (QED) is 0.557. The van der Waals surface area contributed by atoms with Gasteiger partial charge in [-0.3, -0.25) is 9.71 Å². The summed E-state index contributed by atoms with van der Waals surface area (Å²) in [7, 11) is -4.26. The number of nitrogens with one attached hydrogen (secondary N) is 1. The molecule has 3 aromatic rings. The fourth-order valence-corrected chi connectivity index (χ4v) is 4.18. The summed E-state index contributed by atoms with van der Waals surface area (Å²) in [6, 6.07) is 7.63. The van der Waals surface area contributed by atoms with Crippen molar-refractivity contribution in [3.63, 3.8) is 0 Å². The lowest BCUT2D eigenvalue weighted by Gasteiger charge is -2.12. The van der Waals surface area contributed by atoms with Crippen molar-refractivity contribution in [2.75, 3.05) is 4.72 Å². The maximum absolute atomic E-state index is 14.4. The third-order valence-electron chi connectivity index (χ3n) is 3.84. The molecule has 2 aromatic carbocycles. The van der Waals surface area contributed by atoms with E-state index in [1.165, 1.54) is 37.5 Å². The van der Waals surface area contributed by atoms with Gasteiger partial charge in [0.15, 0.2) is 11.6 Å². The van der Waals surface area contributed by atoms with Gasteiger partial charge in [0.2, 0.25) is 0 Å². The molecule has 0 radical (unpaired) electrons. The van der Waals surface area contributed by atoms with Crippen LogP contribution in [-0.2, 0) is 10.0 Å². The number of hydrogen-bond acceptors (Lipinski definition) is 3. The Balaban J connectivity index is 1.93. The summed E-state index contributed by atoms with van der Waals surface area (Å²) < 4.78 is 55.9. The normalized spacial score (nSPS) is 10.9. The van der Waals surface area contributed by atoms with E-state index >= 15 is 0 Å². The van der Waals surface area contributed by atoms with Crippen LogP contribution in [0.4, 0.5) is 14.5 Å². The zero-order valence-electron chi connectivity index (χ0n) is 14.8. The SMILES string of the molecule is Cc1c(Cl)cccc1S(=O)(=O)Nc1c(F)cc(C#Cc2cncc(Cl)c2)cc1F. The van der Waals surface area contributed by atoms with Crippen LogP contribution in [0, 0.1) is 30.4 Å². The highest BCUT2D eigenvalue weighted by Crippen LogP contribution is 2.27. The first-order chi connectivity index (χ1) is 13.7. The lowest BCUT2D eigenvalue weighted by molar-refractivity contribution is 0.582. The molecular formula is C20H12Cl2F2N2O2S. The molecule has 29 heavy (non-hydrogen) atoms. The molecule has 0 spiro atoms. The van der Waals surface area contributed by atoms with Crippen molar-refractivity contribution < 1.29 is 17.2 Å². The van der Waals surface area contributed by atoms with Crippen LogP contribution in [0.5, 0.6) is 0 Å². The van der Waals surface area contributed by atoms with Gasteiger partial charge in [-0.05, 0) is 42.8 Å². The first-order valence-electron chi connectivity index (χ1n) is 8.07. The van der Waals surface area contributed by atoms with Crippen LogP contribution in [0.25, 0.3) is 0 Å². The van der Waals surface area contributed by atoms with Gasteiger partial charge in [-0.2, -0.15) is 0 Å². The smallest absolute Gasteiger partial charge is 0.262 e. The average Bonchev–Trinajstić information content (AvgIpc) is 2.65. The summed E-state index contributed by atoms with van der Waals surface area (Å²) in [6.07, 6.45) is 2.87. The highest BCUT2D eigenvalue weighted by molar-refractivity contribution is 7.92. The molecule has 0 saturated carbocycles. The van der Waals surface area contributed by atoms with Gasteiger partial charge in [0.1, 0.15) is 5.69 Å². The monoisotopic (exact) mass is 452 g/mol. The van der Waals surface area contributed by atoms with Gasteiger partial charge >= 0.3 is 0 Å². The van der Waals surface area contributed by atoms with Crippen molar-refractivity contribution in [1.29, 1.82) is 0 Å². The molecule has 0 saturated heterocycles. The van der Waals surface area contributed by atoms with Gasteiger partial charge in [0, 0.05) is 28.5 Å². The van der Waals surface area contributed by atoms with Crippen molar-refractivity contribution in [3.8, 4) is 11.8 Å². The van der Waals surface area contributed by atoms with Gasteiger partial charge in [-0.15, -0.1) is 0 Å². The third-order valence-corrected chi connectivity index (χ3v) is 5.95. The Kier molecular flexibility index (Phi) is 6.08. The van der Waals surface area contributed by atoms with E-state index in [4.69, 9.17) is 23.2 Å². The van der Waals surface area contributed by atoms with Crippen molar-refractivity contribution in [2.45, 2.75) is 11.8 Å². The fraction of sp³-hybridized carbons (Fsp3) is 0.0500. The minimum atomic E-state index is -4.26. The van der Waals surface area contributed by atoms with Crippen LogP contribution < -0.4 is 4.72 Å². The van der Waals surface area contributed by atoms with Crippen molar-refractivity contribution >= 4 is 38.9 Å². The second kappa shape index (κ2) is 8.37. The summed E-state index contributed by atoms with van der Waals surface area (Å²) in [5, 5.41) is 0.588. The molecule has 9 heteroatoms. The molecule has 148 valence electrons. The molecule has 0 atom stereocenters. The number of pyridine rings is 1. The van der Waals surface area contributed by atoms with Gasteiger partial charge < -0.3 is 0 Å². The number of anilines is 1. The summed E-state index contributed by atoms with van der Waals surface area (Å²) in [4.78, 5) is 3.68. The van der Waals surface area contributed by atoms with Crippen LogP contribution >= 0.6 is 23.2 Å². The summed E-state index contributed by atoms with van der Waals surface area (Å²) >= 11 is 11.7. The predicted octanol–water partition coefficient (Wildman–Crippen LogP) is 5.18. The van der Waals surface area contributed by atoms with Crippen LogP contribution in [-0.4, -0.2) is 13.4 Å². The number of aromatic nitrogens is 1. The second-order valence-corrected chi connectivity index (χ2v) is 8.42. The Bertz CT molecular complexity index is 1250. The van der Waals surface area contributed by atoms with Crippen LogP contribution in [0.3, 0.4) is 0 Å². The largest absolute Gasteiger partial charge is 0.274 e. The maximum atomic E-state index is 14.4. The van der Waals surface area contributed by atoms with E-state index in [-0.39, 0.29) is 21.0 Å². The lowest BCUT2D eigenvalue weighted by Crippen LogP contribution is -2.16. The molecule has 0 aliphatic heterocycles. The molecule has 0 amide bonds. The average molecular weight is 453 g/mol. The second-order valence-electron chi connectivity index (χ2n) is 5.93. The molecule has 0 aliphatic carbocycles. The Morgan fingerprint density at radius 3 is 2.31 bits per heavy atom. The van der Waals surface area contributed by atoms with Gasteiger partial charge in [0.25, 0.3) is 10.0 Å². The van der Waals surface area contributed by atoms with Crippen LogP contribution in [0.1, 0.15) is 16.7 Å². The molecule has 0 aliphatic rings. The zero-order chi connectivity index (χ0) is 21.2. The predicted molar refractivity (Wildman–Crippen MR) is 109 cm³/mol. The molecule has 4 nitrogen and oxygen atoms in total. The molecule has 0 fully saturated rings. The number of benzene rings is 2. The fourth-order valence-electron chi connectivity index (χ4n) is 2.44. The number of rotatable bonds is 3. The Morgan fingerprint density at radius 2 is 1.66 bits per heavy atom. The highest BCUT2D eigenvalue weighted by Gasteiger charge is 2.22. The maximum Gasteiger partial charge on any atom is 0.262 e. The first kappa shape index (κ1) is 21.1. The molecule has 0 bridgehead atoms. The Morgan fingerprint density at radius 1 is 1.00 bits per heavy atom. The molecule has 3 rings (SSSR count). The zero-order valence-corrected chi connectivity index (χ0v) is 17.1. The highest BCUT2D eigenvalue weighted by atomic mass is 35.5. The van der Waals surface area contributed by atoms with Crippen molar-refractivity contribution in [3.05, 3.63) is 87.2 Å². The number of sulfonamides is 1. The lowest BCUT2D eigenvalue weighted by atomic mass is 10.1. The van der Waals surface area contributed by atoms with E-state index in [1.54, 1.807) is 6.07 Å². The first-order valence-corrected chi connectivity index (χ1v) is 10.3. The van der Waals surface area contributed by atoms with Crippen LogP contribution in [0.15, 0.2) is 53.7 Å². The topological polar surface area (TPSA) is 59.1 Å². The standard InChI is InChI=1S/C20H12Cl2F2N2O2S/c1-12-16(22)3-2-4-19(12)29(27,28)26-20-17(23)8-13(9-18(20)24)5-6-14-7-15(21)11-25-10-14/h2-4,7-11,26H,1H3. The van der Waals surface area contributed by atoms with E-state index in [9.17, 15) is 17.2 Å². The minimum absolute atomic E-state index is 0.0156. The number of halogens is 4. The third kappa shape index (κ3) is 4.85. The van der Waals surface area contributed by atoms with Crippen LogP contribution in [0.2, 0.25) is 10.0 Å². The molecule has 1 N–H and O–H groups in total. The van der Waals surface area contributed by atoms with E-state index in [0.29, 0.717) is 10.6 Å². The van der Waals surface area contributed by atoms with E-state index < -0.39 is 27.3 Å². The number of nitrogens with zero attached hydrogens (tertiary/aromatic N) is 1. The Hall–Kier alpha value is -2.66. The van der Waals surface area contributed by atoms with E-state index in [0.717, 1.165) is 12.1 Å². The van der Waals surface area contributed by atoms with Crippen molar-refractivity contribution in [1.82, 2.24) is 4.98 Å². The molecule has 0 unspecified atom stereocenters. The number of hydrogen-bond donors (Lipinski definition) is 1. The van der Waals surface area contributed by atoms with E-state index in [1.807, 2.05) is 4.72 Å². The van der Waals surface area contributed by atoms with Gasteiger partial charge in [-0.25, -0.2) is 17.2 Å². The van der Waals surface area contributed by atoms with Gasteiger partial charge in [0.05, 0.1) is 9.92 Å². The molecule has 1 heterocycles. The minimum Gasteiger partial charge on any atom is -0.274 e.